The zero-order chi connectivity index (χ0) is 18.3. The molecule has 0 bridgehead atoms. The summed E-state index contributed by atoms with van der Waals surface area (Å²) < 4.78 is 8.09. The van der Waals surface area contributed by atoms with E-state index in [2.05, 4.69) is 58.1 Å². The molecule has 142 valence electrons. The minimum Gasteiger partial charge on any atom is -0.378 e. The van der Waals surface area contributed by atoms with Gasteiger partial charge in [0.2, 0.25) is 0 Å². The van der Waals surface area contributed by atoms with Gasteiger partial charge >= 0.3 is 0 Å². The number of nitrogens with one attached hydrogen (secondary N) is 2. The van der Waals surface area contributed by atoms with E-state index < -0.39 is 0 Å². The van der Waals surface area contributed by atoms with Crippen molar-refractivity contribution in [3.05, 3.63) is 12.2 Å². The average Bonchev–Trinajstić information content (AvgIpc) is 3.06. The fourth-order valence-electron chi connectivity index (χ4n) is 3.18. The Morgan fingerprint density at radius 1 is 1.44 bits per heavy atom. The summed E-state index contributed by atoms with van der Waals surface area (Å²) in [4.78, 5) is 4.35. The topological polar surface area (TPSA) is 76.4 Å². The van der Waals surface area contributed by atoms with Crippen LogP contribution in [0.15, 0.2) is 11.3 Å². The quantitative estimate of drug-likeness (QED) is 0.405. The van der Waals surface area contributed by atoms with Gasteiger partial charge < -0.3 is 19.9 Å². The Morgan fingerprint density at radius 2 is 2.24 bits per heavy atom. The number of rotatable bonds is 9. The highest BCUT2D eigenvalue weighted by Gasteiger charge is 2.49. The lowest BCUT2D eigenvalue weighted by molar-refractivity contribution is -0.113. The summed E-state index contributed by atoms with van der Waals surface area (Å²) in [7, 11) is 1.81. The summed E-state index contributed by atoms with van der Waals surface area (Å²) in [6.07, 6.45) is 6.35. The Bertz CT molecular complexity index is 554. The Labute approximate surface area is 151 Å². The summed E-state index contributed by atoms with van der Waals surface area (Å²) >= 11 is 0. The molecule has 1 aromatic heterocycles. The van der Waals surface area contributed by atoms with E-state index >= 15 is 0 Å². The third kappa shape index (κ3) is 4.93. The average molecular weight is 351 g/mol. The SMILES string of the molecule is CCCCOC1CC(NC(=NC)NCCn2cnnc2CC)C1(C)C. The van der Waals surface area contributed by atoms with Crippen LogP contribution in [0.5, 0.6) is 0 Å². The molecular weight excluding hydrogens is 316 g/mol. The van der Waals surface area contributed by atoms with Gasteiger partial charge in [0.05, 0.1) is 6.10 Å². The Balaban J connectivity index is 1.75. The molecule has 2 N–H and O–H groups in total. The summed E-state index contributed by atoms with van der Waals surface area (Å²) in [5.74, 6) is 1.85. The Morgan fingerprint density at radius 3 is 2.88 bits per heavy atom. The molecule has 2 rings (SSSR count). The lowest BCUT2D eigenvalue weighted by atomic mass is 9.64. The maximum Gasteiger partial charge on any atom is 0.191 e. The highest BCUT2D eigenvalue weighted by molar-refractivity contribution is 5.80. The maximum atomic E-state index is 6.02. The number of guanidine groups is 1. The highest BCUT2D eigenvalue weighted by atomic mass is 16.5. The second-order valence-electron chi connectivity index (χ2n) is 7.26. The zero-order valence-electron chi connectivity index (χ0n) is 16.4. The third-order valence-electron chi connectivity index (χ3n) is 5.19. The van der Waals surface area contributed by atoms with Crippen LogP contribution in [0.2, 0.25) is 0 Å². The molecule has 2 unspecified atom stereocenters. The van der Waals surface area contributed by atoms with Gasteiger partial charge in [0, 0.05) is 44.6 Å². The summed E-state index contributed by atoms with van der Waals surface area (Å²) in [6.45, 7) is 11.3. The smallest absolute Gasteiger partial charge is 0.191 e. The maximum absolute atomic E-state index is 6.02. The molecule has 1 fully saturated rings. The fraction of sp³-hybridized carbons (Fsp3) is 0.833. The van der Waals surface area contributed by atoms with Gasteiger partial charge in [-0.1, -0.05) is 34.1 Å². The number of hydrogen-bond donors (Lipinski definition) is 2. The van der Waals surface area contributed by atoms with Crippen LogP contribution in [0.3, 0.4) is 0 Å². The second-order valence-corrected chi connectivity index (χ2v) is 7.26. The van der Waals surface area contributed by atoms with Gasteiger partial charge in [-0.25, -0.2) is 0 Å². The largest absolute Gasteiger partial charge is 0.378 e. The van der Waals surface area contributed by atoms with Gasteiger partial charge in [-0.05, 0) is 12.8 Å². The van der Waals surface area contributed by atoms with Crippen LogP contribution in [-0.2, 0) is 17.7 Å². The van der Waals surface area contributed by atoms with Crippen LogP contribution in [0.4, 0.5) is 0 Å². The summed E-state index contributed by atoms with van der Waals surface area (Å²) in [6, 6.07) is 0.381. The number of aromatic nitrogens is 3. The molecule has 1 aliphatic rings. The number of aryl methyl sites for hydroxylation is 1. The first-order valence-electron chi connectivity index (χ1n) is 9.48. The van der Waals surface area contributed by atoms with Crippen molar-refractivity contribution in [1.29, 1.82) is 0 Å². The molecule has 0 radical (unpaired) electrons. The molecule has 1 saturated carbocycles. The molecule has 7 nitrogen and oxygen atoms in total. The van der Waals surface area contributed by atoms with E-state index in [0.717, 1.165) is 50.7 Å². The highest BCUT2D eigenvalue weighted by Crippen LogP contribution is 2.42. The van der Waals surface area contributed by atoms with Gasteiger partial charge in [-0.2, -0.15) is 0 Å². The van der Waals surface area contributed by atoms with Crippen molar-refractivity contribution in [1.82, 2.24) is 25.4 Å². The molecule has 0 aliphatic heterocycles. The Hall–Kier alpha value is -1.63. The number of aliphatic imine (C=N–C) groups is 1. The van der Waals surface area contributed by atoms with E-state index in [1.165, 1.54) is 6.42 Å². The molecule has 25 heavy (non-hydrogen) atoms. The van der Waals surface area contributed by atoms with E-state index in [0.29, 0.717) is 12.1 Å². The van der Waals surface area contributed by atoms with Gasteiger partial charge in [-0.3, -0.25) is 4.99 Å². The number of nitrogens with zero attached hydrogens (tertiary/aromatic N) is 4. The van der Waals surface area contributed by atoms with Crippen LogP contribution in [-0.4, -0.2) is 53.1 Å². The van der Waals surface area contributed by atoms with E-state index in [-0.39, 0.29) is 5.41 Å². The van der Waals surface area contributed by atoms with E-state index in [1.807, 2.05) is 7.05 Å². The van der Waals surface area contributed by atoms with Crippen molar-refractivity contribution in [2.24, 2.45) is 10.4 Å². The fourth-order valence-corrected chi connectivity index (χ4v) is 3.18. The van der Waals surface area contributed by atoms with E-state index in [1.54, 1.807) is 6.33 Å². The van der Waals surface area contributed by atoms with Crippen LogP contribution in [0.25, 0.3) is 0 Å². The van der Waals surface area contributed by atoms with Gasteiger partial charge in [-0.15, -0.1) is 10.2 Å². The van der Waals surface area contributed by atoms with Crippen molar-refractivity contribution >= 4 is 5.96 Å². The number of ether oxygens (including phenoxy) is 1. The van der Waals surface area contributed by atoms with Crippen molar-refractivity contribution in [2.45, 2.75) is 72.1 Å². The van der Waals surface area contributed by atoms with Crippen LogP contribution in [0, 0.1) is 5.41 Å². The number of unbranched alkanes of at least 4 members (excludes halogenated alkanes) is 1. The first-order chi connectivity index (χ1) is 12.0. The van der Waals surface area contributed by atoms with Crippen molar-refractivity contribution < 1.29 is 4.74 Å². The van der Waals surface area contributed by atoms with Crippen molar-refractivity contribution in [3.63, 3.8) is 0 Å². The minimum atomic E-state index is 0.120. The molecule has 1 heterocycles. The van der Waals surface area contributed by atoms with Crippen molar-refractivity contribution in [2.75, 3.05) is 20.2 Å². The molecule has 1 aliphatic carbocycles. The summed E-state index contributed by atoms with van der Waals surface area (Å²) in [5.41, 5.74) is 0.120. The normalized spacial score (nSPS) is 22.5. The van der Waals surface area contributed by atoms with Crippen LogP contribution < -0.4 is 10.6 Å². The van der Waals surface area contributed by atoms with Crippen molar-refractivity contribution in [3.8, 4) is 0 Å². The zero-order valence-corrected chi connectivity index (χ0v) is 16.4. The Kier molecular flexibility index (Phi) is 7.23. The summed E-state index contributed by atoms with van der Waals surface area (Å²) in [5, 5.41) is 15.0. The van der Waals surface area contributed by atoms with E-state index in [9.17, 15) is 0 Å². The molecular formula is C18H34N6O. The predicted octanol–water partition coefficient (Wildman–Crippen LogP) is 1.99. The third-order valence-corrected chi connectivity index (χ3v) is 5.19. The minimum absolute atomic E-state index is 0.120. The standard InChI is InChI=1S/C18H34N6O/c1-6-8-11-25-15-12-14(18(15,3)4)22-17(19-5)20-9-10-24-13-21-23-16(24)7-2/h13-15H,6-12H2,1-5H3,(H2,19,20,22). The first-order valence-corrected chi connectivity index (χ1v) is 9.48. The molecule has 0 spiro atoms. The van der Waals surface area contributed by atoms with E-state index in [4.69, 9.17) is 4.74 Å². The lowest BCUT2D eigenvalue weighted by Crippen LogP contribution is -2.63. The molecule has 1 aromatic rings. The second kappa shape index (κ2) is 9.17. The lowest BCUT2D eigenvalue weighted by Gasteiger charge is -2.52. The number of hydrogen-bond acceptors (Lipinski definition) is 4. The molecule has 0 amide bonds. The van der Waals surface area contributed by atoms with Crippen LogP contribution in [0.1, 0.15) is 52.8 Å². The van der Waals surface area contributed by atoms with Gasteiger partial charge in [0.15, 0.2) is 5.96 Å². The predicted molar refractivity (Wildman–Crippen MR) is 101 cm³/mol. The monoisotopic (exact) mass is 350 g/mol. The van der Waals surface area contributed by atoms with Crippen LogP contribution >= 0.6 is 0 Å². The molecule has 7 heteroatoms. The molecule has 0 saturated heterocycles. The molecule has 2 atom stereocenters. The van der Waals surface area contributed by atoms with Gasteiger partial charge in [0.25, 0.3) is 0 Å². The molecule has 0 aromatic carbocycles. The van der Waals surface area contributed by atoms with Gasteiger partial charge in [0.1, 0.15) is 12.2 Å². The first kappa shape index (κ1) is 19.7.